The number of ether oxygens (including phenoxy) is 1. The van der Waals surface area contributed by atoms with E-state index >= 15 is 0 Å². The molecule has 0 saturated carbocycles. The highest BCUT2D eigenvalue weighted by atomic mass is 79.9. The highest BCUT2D eigenvalue weighted by Gasteiger charge is 2.21. The second-order valence-corrected chi connectivity index (χ2v) is 6.26. The van der Waals surface area contributed by atoms with E-state index in [1.807, 2.05) is 0 Å². The maximum atomic E-state index is 13.6. The Bertz CT molecular complexity index is 859. The van der Waals surface area contributed by atoms with Gasteiger partial charge in [0, 0.05) is 35.4 Å². The summed E-state index contributed by atoms with van der Waals surface area (Å²) in [4.78, 5) is 18.4. The molecule has 1 saturated heterocycles. The monoisotopic (exact) mass is 424 g/mol. The number of amidine groups is 1. The molecule has 0 spiro atoms. The van der Waals surface area contributed by atoms with Gasteiger partial charge in [-0.1, -0.05) is 0 Å². The highest BCUT2D eigenvalue weighted by molar-refractivity contribution is 9.10. The van der Waals surface area contributed by atoms with Crippen molar-refractivity contribution in [2.24, 2.45) is 0 Å². The summed E-state index contributed by atoms with van der Waals surface area (Å²) in [6.07, 6.45) is 1.30. The molecule has 3 rings (SSSR count). The zero-order valence-corrected chi connectivity index (χ0v) is 14.9. The van der Waals surface area contributed by atoms with Crippen LogP contribution in [0.25, 0.3) is 0 Å². The molecule has 1 aromatic heterocycles. The zero-order valence-electron chi connectivity index (χ0n) is 13.3. The lowest BCUT2D eigenvalue weighted by atomic mass is 10.1. The summed E-state index contributed by atoms with van der Waals surface area (Å²) in [7, 11) is 0. The van der Waals surface area contributed by atoms with Crippen molar-refractivity contribution in [3.05, 3.63) is 56.1 Å². The summed E-state index contributed by atoms with van der Waals surface area (Å²) < 4.78 is 19.5. The van der Waals surface area contributed by atoms with E-state index in [2.05, 4.69) is 36.5 Å². The van der Waals surface area contributed by atoms with Crippen LogP contribution < -0.4 is 10.6 Å². The number of anilines is 1. The predicted molar refractivity (Wildman–Crippen MR) is 94.8 cm³/mol. The van der Waals surface area contributed by atoms with Crippen LogP contribution in [0.1, 0.15) is 17.4 Å². The van der Waals surface area contributed by atoms with E-state index in [0.29, 0.717) is 18.8 Å². The van der Waals surface area contributed by atoms with Crippen molar-refractivity contribution in [1.29, 1.82) is 5.41 Å². The van der Waals surface area contributed by atoms with Gasteiger partial charge in [0.05, 0.1) is 17.2 Å². The van der Waals surface area contributed by atoms with Crippen molar-refractivity contribution in [3.8, 4) is 0 Å². The third-order valence-corrected chi connectivity index (χ3v) is 4.33. The van der Waals surface area contributed by atoms with Gasteiger partial charge in [-0.15, -0.1) is 0 Å². The van der Waals surface area contributed by atoms with Gasteiger partial charge in [0.1, 0.15) is 11.9 Å². The van der Waals surface area contributed by atoms with E-state index < -0.39 is 16.4 Å². The molecule has 1 aliphatic rings. The summed E-state index contributed by atoms with van der Waals surface area (Å²) in [5, 5.41) is 24.9. The first-order valence-electron chi connectivity index (χ1n) is 7.60. The van der Waals surface area contributed by atoms with Crippen LogP contribution in [0.4, 0.5) is 16.0 Å². The Kier molecular flexibility index (Phi) is 5.49. The molecule has 136 valence electrons. The molecule has 1 fully saturated rings. The van der Waals surface area contributed by atoms with Gasteiger partial charge in [-0.3, -0.25) is 15.5 Å². The summed E-state index contributed by atoms with van der Waals surface area (Å²) in [6, 6.07) is 3.64. The molecule has 0 bridgehead atoms. The normalized spacial score (nSPS) is 16.9. The number of nitro benzene ring substituents is 1. The first-order valence-corrected chi connectivity index (χ1v) is 8.39. The van der Waals surface area contributed by atoms with Crippen molar-refractivity contribution in [2.75, 3.05) is 25.0 Å². The Morgan fingerprint density at radius 2 is 2.35 bits per heavy atom. The number of rotatable bonds is 4. The fourth-order valence-electron chi connectivity index (χ4n) is 2.42. The Hall–Kier alpha value is -2.50. The van der Waals surface area contributed by atoms with Gasteiger partial charge in [-0.25, -0.2) is 9.97 Å². The summed E-state index contributed by atoms with van der Waals surface area (Å²) in [5.74, 6) is -1.06. The molecule has 1 aliphatic heterocycles. The lowest BCUT2D eigenvalue weighted by molar-refractivity contribution is -0.387. The van der Waals surface area contributed by atoms with Gasteiger partial charge in [0.2, 0.25) is 11.8 Å². The minimum absolute atomic E-state index is 0.114. The first kappa shape index (κ1) is 18.3. The third-order valence-electron chi connectivity index (χ3n) is 3.67. The Morgan fingerprint density at radius 1 is 1.54 bits per heavy atom. The smallest absolute Gasteiger partial charge is 0.305 e. The molecule has 1 aromatic carbocycles. The van der Waals surface area contributed by atoms with E-state index in [4.69, 9.17) is 10.1 Å². The molecule has 11 heteroatoms. The van der Waals surface area contributed by atoms with E-state index in [-0.39, 0.29) is 27.9 Å². The van der Waals surface area contributed by atoms with Gasteiger partial charge in [0.15, 0.2) is 0 Å². The van der Waals surface area contributed by atoms with Gasteiger partial charge >= 0.3 is 5.69 Å². The molecule has 1 atom stereocenters. The number of benzene rings is 1. The first-order chi connectivity index (χ1) is 12.5. The van der Waals surface area contributed by atoms with E-state index in [1.54, 1.807) is 6.07 Å². The Balaban J connectivity index is 1.82. The maximum Gasteiger partial charge on any atom is 0.305 e. The molecule has 2 heterocycles. The number of nitrogens with zero attached hydrogens (tertiary/aromatic N) is 3. The molecular weight excluding hydrogens is 411 g/mol. The number of hydrogen-bond acceptors (Lipinski definition) is 7. The van der Waals surface area contributed by atoms with Crippen molar-refractivity contribution < 1.29 is 14.1 Å². The van der Waals surface area contributed by atoms with Crippen LogP contribution >= 0.6 is 15.9 Å². The van der Waals surface area contributed by atoms with E-state index in [1.165, 1.54) is 6.20 Å². The maximum absolute atomic E-state index is 13.6. The molecule has 9 nitrogen and oxygen atoms in total. The number of halogens is 2. The van der Waals surface area contributed by atoms with Gasteiger partial charge < -0.3 is 15.4 Å². The van der Waals surface area contributed by atoms with Crippen LogP contribution in [-0.4, -0.2) is 40.4 Å². The van der Waals surface area contributed by atoms with Crippen LogP contribution in [0, 0.1) is 21.3 Å². The minimum atomic E-state index is -0.987. The third kappa shape index (κ3) is 4.00. The standard InChI is InChI=1S/C15H14BrFN6O3/c16-9-6-10(17)12(23(24)25)5-8(9)14(18)22-15-20-2-1-11(21-15)13-7-19-3-4-26-13/h1-2,5-6,13,19H,3-4,7H2,(H2,18,20,21,22). The molecular formula is C15H14BrFN6O3. The quantitative estimate of drug-likeness (QED) is 0.297. The van der Waals surface area contributed by atoms with Crippen LogP contribution in [-0.2, 0) is 4.74 Å². The van der Waals surface area contributed by atoms with E-state index in [0.717, 1.165) is 18.7 Å². The van der Waals surface area contributed by atoms with Gasteiger partial charge in [-0.2, -0.15) is 4.39 Å². The van der Waals surface area contributed by atoms with E-state index in [9.17, 15) is 14.5 Å². The average Bonchev–Trinajstić information content (AvgIpc) is 2.62. The minimum Gasteiger partial charge on any atom is -0.369 e. The number of nitro groups is 1. The van der Waals surface area contributed by atoms with Crippen LogP contribution in [0.15, 0.2) is 28.9 Å². The van der Waals surface area contributed by atoms with Crippen LogP contribution in [0.2, 0.25) is 0 Å². The summed E-state index contributed by atoms with van der Waals surface area (Å²) >= 11 is 3.11. The second-order valence-electron chi connectivity index (χ2n) is 5.41. The zero-order chi connectivity index (χ0) is 18.7. The van der Waals surface area contributed by atoms with Crippen molar-refractivity contribution >= 4 is 33.4 Å². The molecule has 0 amide bonds. The fraction of sp³-hybridized carbons (Fsp3) is 0.267. The van der Waals surface area contributed by atoms with Gasteiger partial charge in [0.25, 0.3) is 0 Å². The van der Waals surface area contributed by atoms with Crippen LogP contribution in [0.5, 0.6) is 0 Å². The number of morpholine rings is 1. The van der Waals surface area contributed by atoms with Gasteiger partial charge in [-0.05, 0) is 28.1 Å². The molecule has 2 aromatic rings. The lowest BCUT2D eigenvalue weighted by Crippen LogP contribution is -2.33. The largest absolute Gasteiger partial charge is 0.369 e. The summed E-state index contributed by atoms with van der Waals surface area (Å²) in [6.45, 7) is 1.96. The molecule has 0 aliphatic carbocycles. The van der Waals surface area contributed by atoms with Crippen molar-refractivity contribution in [1.82, 2.24) is 15.3 Å². The molecule has 3 N–H and O–H groups in total. The lowest BCUT2D eigenvalue weighted by Gasteiger charge is -2.23. The highest BCUT2D eigenvalue weighted by Crippen LogP contribution is 2.27. The van der Waals surface area contributed by atoms with Crippen molar-refractivity contribution in [3.63, 3.8) is 0 Å². The Morgan fingerprint density at radius 3 is 3.04 bits per heavy atom. The summed E-state index contributed by atoms with van der Waals surface area (Å²) in [5.41, 5.74) is 0.0421. The SMILES string of the molecule is N=C(Nc1nccc(C2CNCCO2)n1)c1cc([N+](=O)[O-])c(F)cc1Br. The average molecular weight is 425 g/mol. The topological polar surface area (TPSA) is 126 Å². The Labute approximate surface area is 155 Å². The fourth-order valence-corrected chi connectivity index (χ4v) is 2.93. The second kappa shape index (κ2) is 7.81. The molecule has 1 unspecified atom stereocenters. The number of hydrogen-bond donors (Lipinski definition) is 3. The number of nitrogens with one attached hydrogen (secondary N) is 3. The molecule has 26 heavy (non-hydrogen) atoms. The van der Waals surface area contributed by atoms with Crippen LogP contribution in [0.3, 0.4) is 0 Å². The predicted octanol–water partition coefficient (Wildman–Crippen LogP) is 2.38. The molecule has 0 radical (unpaired) electrons. The van der Waals surface area contributed by atoms with Crippen molar-refractivity contribution in [2.45, 2.75) is 6.10 Å². The number of aromatic nitrogens is 2.